The SMILES string of the molecule is CCNC(=NCCNc1ccccc1[N+](=O)[O-])N1CCOC(c2cnn(C)c2)C1. The normalized spacial score (nSPS) is 17.2. The van der Waals surface area contributed by atoms with E-state index in [-0.39, 0.29) is 16.7 Å². The summed E-state index contributed by atoms with van der Waals surface area (Å²) in [7, 11) is 1.89. The molecule has 10 nitrogen and oxygen atoms in total. The van der Waals surface area contributed by atoms with E-state index in [1.54, 1.807) is 22.9 Å². The molecule has 2 aromatic rings. The van der Waals surface area contributed by atoms with Gasteiger partial charge in [0.2, 0.25) is 0 Å². The molecular formula is C19H27N7O3. The first-order chi connectivity index (χ1) is 14.1. The van der Waals surface area contributed by atoms with Gasteiger partial charge in [0.15, 0.2) is 5.96 Å². The predicted molar refractivity (Wildman–Crippen MR) is 111 cm³/mol. The van der Waals surface area contributed by atoms with Crippen molar-refractivity contribution in [2.45, 2.75) is 13.0 Å². The van der Waals surface area contributed by atoms with E-state index in [1.165, 1.54) is 6.07 Å². The molecule has 1 aromatic carbocycles. The second kappa shape index (κ2) is 9.87. The number of rotatable bonds is 7. The molecule has 10 heteroatoms. The van der Waals surface area contributed by atoms with Gasteiger partial charge in [-0.25, -0.2) is 0 Å². The Kier molecular flexibility index (Phi) is 7.01. The van der Waals surface area contributed by atoms with Crippen LogP contribution in [0, 0.1) is 10.1 Å². The smallest absolute Gasteiger partial charge is 0.292 e. The highest BCUT2D eigenvalue weighted by Crippen LogP contribution is 2.23. The highest BCUT2D eigenvalue weighted by molar-refractivity contribution is 5.80. The number of nitrogens with one attached hydrogen (secondary N) is 2. The maximum Gasteiger partial charge on any atom is 0.292 e. The van der Waals surface area contributed by atoms with Gasteiger partial charge in [-0.2, -0.15) is 5.10 Å². The summed E-state index contributed by atoms with van der Waals surface area (Å²) in [6, 6.07) is 6.62. The van der Waals surface area contributed by atoms with E-state index in [0.29, 0.717) is 31.9 Å². The molecule has 1 fully saturated rings. The number of benzene rings is 1. The number of nitro benzene ring substituents is 1. The molecule has 2 N–H and O–H groups in total. The molecule has 1 saturated heterocycles. The van der Waals surface area contributed by atoms with Crippen LogP contribution in [0.15, 0.2) is 41.7 Å². The zero-order chi connectivity index (χ0) is 20.6. The summed E-state index contributed by atoms with van der Waals surface area (Å²) < 4.78 is 7.67. The molecule has 1 aliphatic rings. The van der Waals surface area contributed by atoms with E-state index < -0.39 is 0 Å². The Balaban J connectivity index is 1.60. The number of aliphatic imine (C=N–C) groups is 1. The lowest BCUT2D eigenvalue weighted by Crippen LogP contribution is -2.48. The molecule has 0 saturated carbocycles. The topological polar surface area (TPSA) is 110 Å². The van der Waals surface area contributed by atoms with Crippen molar-refractivity contribution in [1.29, 1.82) is 0 Å². The largest absolute Gasteiger partial charge is 0.378 e. The fourth-order valence-electron chi connectivity index (χ4n) is 3.21. The van der Waals surface area contributed by atoms with Gasteiger partial charge in [-0.05, 0) is 13.0 Å². The van der Waals surface area contributed by atoms with E-state index in [0.717, 1.165) is 24.6 Å². The number of guanidine groups is 1. The molecule has 0 bridgehead atoms. The molecule has 0 spiro atoms. The summed E-state index contributed by atoms with van der Waals surface area (Å²) in [6.07, 6.45) is 3.75. The number of morpholine rings is 1. The molecule has 1 aromatic heterocycles. The van der Waals surface area contributed by atoms with Gasteiger partial charge in [0.05, 0.1) is 30.8 Å². The van der Waals surface area contributed by atoms with Gasteiger partial charge in [-0.1, -0.05) is 12.1 Å². The van der Waals surface area contributed by atoms with Gasteiger partial charge < -0.3 is 20.3 Å². The number of anilines is 1. The van der Waals surface area contributed by atoms with E-state index in [9.17, 15) is 10.1 Å². The minimum Gasteiger partial charge on any atom is -0.378 e. The maximum atomic E-state index is 11.1. The van der Waals surface area contributed by atoms with Gasteiger partial charge in [0.1, 0.15) is 11.8 Å². The molecule has 0 amide bonds. The van der Waals surface area contributed by atoms with Crippen LogP contribution in [0.4, 0.5) is 11.4 Å². The lowest BCUT2D eigenvalue weighted by molar-refractivity contribution is -0.384. The highest BCUT2D eigenvalue weighted by Gasteiger charge is 2.25. The number of para-hydroxylation sites is 2. The first-order valence-corrected chi connectivity index (χ1v) is 9.69. The quantitative estimate of drug-likeness (QED) is 0.239. The Morgan fingerprint density at radius 3 is 3.00 bits per heavy atom. The van der Waals surface area contributed by atoms with Crippen molar-refractivity contribution >= 4 is 17.3 Å². The third kappa shape index (κ3) is 5.44. The van der Waals surface area contributed by atoms with Crippen molar-refractivity contribution in [2.75, 3.05) is 44.6 Å². The van der Waals surface area contributed by atoms with E-state index in [2.05, 4.69) is 25.6 Å². The van der Waals surface area contributed by atoms with Crippen LogP contribution in [0.1, 0.15) is 18.6 Å². The average molecular weight is 401 g/mol. The lowest BCUT2D eigenvalue weighted by atomic mass is 10.1. The zero-order valence-electron chi connectivity index (χ0n) is 16.7. The Bertz CT molecular complexity index is 852. The van der Waals surface area contributed by atoms with E-state index >= 15 is 0 Å². The van der Waals surface area contributed by atoms with E-state index in [4.69, 9.17) is 4.74 Å². The Morgan fingerprint density at radius 1 is 1.45 bits per heavy atom. The standard InChI is InChI=1S/C19H27N7O3/c1-3-20-19(22-9-8-21-16-6-4-5-7-17(16)26(27)28)25-10-11-29-18(14-25)15-12-23-24(2)13-15/h4-7,12-13,18,21H,3,8-11,14H2,1-2H3,(H,20,22). The molecule has 3 rings (SSSR count). The summed E-state index contributed by atoms with van der Waals surface area (Å²) in [4.78, 5) is 17.6. The third-order valence-corrected chi connectivity index (χ3v) is 4.59. The number of nitrogens with zero attached hydrogens (tertiary/aromatic N) is 5. The first-order valence-electron chi connectivity index (χ1n) is 9.69. The molecule has 0 aliphatic carbocycles. The second-order valence-electron chi connectivity index (χ2n) is 6.69. The summed E-state index contributed by atoms with van der Waals surface area (Å²) >= 11 is 0. The minimum atomic E-state index is -0.387. The van der Waals surface area contributed by atoms with Gasteiger partial charge in [-0.3, -0.25) is 19.8 Å². The van der Waals surface area contributed by atoms with Crippen LogP contribution in [0.2, 0.25) is 0 Å². The van der Waals surface area contributed by atoms with Crippen LogP contribution in [0.25, 0.3) is 0 Å². The number of aryl methyl sites for hydroxylation is 1. The lowest BCUT2D eigenvalue weighted by Gasteiger charge is -2.34. The second-order valence-corrected chi connectivity index (χ2v) is 6.69. The summed E-state index contributed by atoms with van der Waals surface area (Å²) in [5.41, 5.74) is 1.61. The summed E-state index contributed by atoms with van der Waals surface area (Å²) in [5, 5.41) is 21.8. The van der Waals surface area contributed by atoms with Gasteiger partial charge in [0.25, 0.3) is 5.69 Å². The van der Waals surface area contributed by atoms with Crippen molar-refractivity contribution in [3.05, 3.63) is 52.3 Å². The number of nitro groups is 1. The Hall–Kier alpha value is -3.14. The fraction of sp³-hybridized carbons (Fsp3) is 0.474. The third-order valence-electron chi connectivity index (χ3n) is 4.59. The monoisotopic (exact) mass is 401 g/mol. The van der Waals surface area contributed by atoms with Crippen LogP contribution in [0.3, 0.4) is 0 Å². The van der Waals surface area contributed by atoms with E-state index in [1.807, 2.05) is 26.4 Å². The molecule has 29 heavy (non-hydrogen) atoms. The summed E-state index contributed by atoms with van der Waals surface area (Å²) in [6.45, 7) is 5.82. The minimum absolute atomic E-state index is 0.0496. The van der Waals surface area contributed by atoms with Crippen LogP contribution in [-0.4, -0.2) is 64.9 Å². The molecular weight excluding hydrogens is 374 g/mol. The average Bonchev–Trinajstić information content (AvgIpc) is 3.17. The fourth-order valence-corrected chi connectivity index (χ4v) is 3.21. The molecule has 1 atom stereocenters. The molecule has 2 heterocycles. The van der Waals surface area contributed by atoms with Crippen molar-refractivity contribution in [1.82, 2.24) is 20.0 Å². The van der Waals surface area contributed by atoms with Crippen LogP contribution in [0.5, 0.6) is 0 Å². The van der Waals surface area contributed by atoms with Crippen molar-refractivity contribution in [3.63, 3.8) is 0 Å². The predicted octanol–water partition coefficient (Wildman–Crippen LogP) is 1.78. The van der Waals surface area contributed by atoms with Gasteiger partial charge in [0, 0.05) is 44.5 Å². The van der Waals surface area contributed by atoms with Gasteiger partial charge >= 0.3 is 0 Å². The van der Waals surface area contributed by atoms with Crippen LogP contribution >= 0.6 is 0 Å². The Labute approximate surface area is 169 Å². The zero-order valence-corrected chi connectivity index (χ0v) is 16.7. The molecule has 1 unspecified atom stereocenters. The van der Waals surface area contributed by atoms with Crippen molar-refractivity contribution in [2.24, 2.45) is 12.0 Å². The Morgan fingerprint density at radius 2 is 2.28 bits per heavy atom. The van der Waals surface area contributed by atoms with Gasteiger partial charge in [-0.15, -0.1) is 0 Å². The highest BCUT2D eigenvalue weighted by atomic mass is 16.6. The molecule has 156 valence electrons. The maximum absolute atomic E-state index is 11.1. The number of aromatic nitrogens is 2. The van der Waals surface area contributed by atoms with Crippen LogP contribution in [-0.2, 0) is 11.8 Å². The van der Waals surface area contributed by atoms with Crippen LogP contribution < -0.4 is 10.6 Å². The molecule has 0 radical (unpaired) electrons. The van der Waals surface area contributed by atoms with Crippen molar-refractivity contribution in [3.8, 4) is 0 Å². The number of ether oxygens (including phenoxy) is 1. The summed E-state index contributed by atoms with van der Waals surface area (Å²) in [5.74, 6) is 0.814. The first kappa shape index (κ1) is 20.6. The number of hydrogen-bond acceptors (Lipinski definition) is 6. The molecule has 1 aliphatic heterocycles. The number of hydrogen-bond donors (Lipinski definition) is 2. The van der Waals surface area contributed by atoms with Crippen molar-refractivity contribution < 1.29 is 9.66 Å².